The van der Waals surface area contributed by atoms with Crippen LogP contribution in [0.25, 0.3) is 11.3 Å². The molecule has 4 aromatic rings. The number of aromatic nitrogens is 1. The largest absolute Gasteiger partial charge is 0.465 e. The Labute approximate surface area is 203 Å². The first-order chi connectivity index (χ1) is 16.7. The van der Waals surface area contributed by atoms with Crippen LogP contribution >= 0.6 is 12.2 Å². The molecule has 0 unspecified atom stereocenters. The number of nitrogens with zero attached hydrogens (tertiary/aromatic N) is 2. The van der Waals surface area contributed by atoms with Crippen LogP contribution in [0.2, 0.25) is 0 Å². The molecule has 0 amide bonds. The van der Waals surface area contributed by atoms with Gasteiger partial charge in [0.1, 0.15) is 17.6 Å². The zero-order valence-electron chi connectivity index (χ0n) is 18.5. The summed E-state index contributed by atoms with van der Waals surface area (Å²) in [5, 5.41) is 4.07. The molecule has 1 aliphatic heterocycles. The lowest BCUT2D eigenvalue weighted by Gasteiger charge is -2.26. The average molecular weight is 470 g/mol. The van der Waals surface area contributed by atoms with Gasteiger partial charge in [-0.05, 0) is 48.1 Å². The molecule has 6 nitrogen and oxygen atoms in total. The molecule has 170 valence electrons. The normalized spacial score (nSPS) is 17.4. The highest BCUT2D eigenvalue weighted by Crippen LogP contribution is 2.41. The van der Waals surface area contributed by atoms with Crippen LogP contribution in [0.4, 0.5) is 0 Å². The quantitative estimate of drug-likeness (QED) is 0.304. The first kappa shape index (κ1) is 21.9. The van der Waals surface area contributed by atoms with Gasteiger partial charge in [-0.15, -0.1) is 0 Å². The highest BCUT2D eigenvalue weighted by Gasteiger charge is 2.41. The van der Waals surface area contributed by atoms with Crippen LogP contribution in [0.15, 0.2) is 95.5 Å². The van der Waals surface area contributed by atoms with E-state index in [9.17, 15) is 4.79 Å². The lowest BCUT2D eigenvalue weighted by atomic mass is 10.0. The minimum atomic E-state index is -0.408. The van der Waals surface area contributed by atoms with Gasteiger partial charge >= 0.3 is 5.97 Å². The van der Waals surface area contributed by atoms with Crippen molar-refractivity contribution in [2.75, 3.05) is 7.11 Å². The summed E-state index contributed by atoms with van der Waals surface area (Å²) in [5.74, 6) is 0.913. The smallest absolute Gasteiger partial charge is 0.338 e. The molecule has 2 aromatic carbocycles. The fraction of sp³-hybridized carbons (Fsp3) is 0.148. The van der Waals surface area contributed by atoms with Crippen molar-refractivity contribution >= 4 is 23.3 Å². The topological polar surface area (TPSA) is 67.6 Å². The molecule has 1 N–H and O–H groups in total. The van der Waals surface area contributed by atoms with Gasteiger partial charge in [0, 0.05) is 18.3 Å². The van der Waals surface area contributed by atoms with Crippen LogP contribution in [0.3, 0.4) is 0 Å². The summed E-state index contributed by atoms with van der Waals surface area (Å²) in [4.78, 5) is 19.0. The maximum Gasteiger partial charge on any atom is 0.338 e. The SMILES string of the molecule is COC(=O)c1ccccc1-c1ccc([C@@H]2[C@@H](c3ccccn3)NC(=S)N2Cc2ccccc2)o1. The number of ether oxygens (including phenoxy) is 1. The van der Waals surface area contributed by atoms with Gasteiger partial charge in [0.2, 0.25) is 0 Å². The number of hydrogen-bond donors (Lipinski definition) is 1. The number of hydrogen-bond acceptors (Lipinski definition) is 5. The monoisotopic (exact) mass is 469 g/mol. The molecule has 1 fully saturated rings. The average Bonchev–Trinajstić information content (AvgIpc) is 3.49. The molecule has 0 radical (unpaired) electrons. The molecular weight excluding hydrogens is 446 g/mol. The van der Waals surface area contributed by atoms with Crippen molar-refractivity contribution in [2.24, 2.45) is 0 Å². The van der Waals surface area contributed by atoms with Crippen LogP contribution in [0.1, 0.15) is 39.5 Å². The Morgan fingerprint density at radius 2 is 1.79 bits per heavy atom. The van der Waals surface area contributed by atoms with Crippen LogP contribution < -0.4 is 5.32 Å². The number of carbonyl (C=O) groups excluding carboxylic acids is 1. The zero-order valence-corrected chi connectivity index (χ0v) is 19.4. The second-order valence-electron chi connectivity index (χ2n) is 7.98. The number of carbonyl (C=O) groups is 1. The molecular formula is C27H23N3O3S. The maximum atomic E-state index is 12.3. The van der Waals surface area contributed by atoms with Gasteiger partial charge in [-0.1, -0.05) is 54.6 Å². The van der Waals surface area contributed by atoms with E-state index in [1.807, 2.05) is 60.7 Å². The molecule has 3 heterocycles. The molecule has 0 aliphatic carbocycles. The van der Waals surface area contributed by atoms with E-state index >= 15 is 0 Å². The molecule has 0 saturated carbocycles. The predicted octanol–water partition coefficient (Wildman–Crippen LogP) is 5.30. The van der Waals surface area contributed by atoms with Crippen molar-refractivity contribution in [3.8, 4) is 11.3 Å². The Morgan fingerprint density at radius 1 is 1.03 bits per heavy atom. The van der Waals surface area contributed by atoms with E-state index in [2.05, 4.69) is 27.3 Å². The van der Waals surface area contributed by atoms with E-state index in [0.29, 0.717) is 28.5 Å². The van der Waals surface area contributed by atoms with E-state index in [0.717, 1.165) is 17.0 Å². The van der Waals surface area contributed by atoms with Crippen molar-refractivity contribution in [3.05, 3.63) is 114 Å². The van der Waals surface area contributed by atoms with Crippen molar-refractivity contribution in [1.82, 2.24) is 15.2 Å². The van der Waals surface area contributed by atoms with E-state index in [1.54, 1.807) is 18.3 Å². The standard InChI is InChI=1S/C27H23N3O3S/c1-32-26(31)20-12-6-5-11-19(20)22-14-15-23(33-22)25-24(21-13-7-8-16-28-21)29-27(34)30(25)17-18-9-3-2-4-10-18/h2-16,24-25H,17H2,1H3,(H,29,34)/t24-,25-/m1/s1. The highest BCUT2D eigenvalue weighted by atomic mass is 32.1. The number of thiocarbonyl (C=S) groups is 1. The molecule has 5 rings (SSSR count). The first-order valence-electron chi connectivity index (χ1n) is 10.9. The summed E-state index contributed by atoms with van der Waals surface area (Å²) >= 11 is 5.75. The summed E-state index contributed by atoms with van der Waals surface area (Å²) < 4.78 is 11.3. The zero-order chi connectivity index (χ0) is 23.5. The number of methoxy groups -OCH3 is 1. The van der Waals surface area contributed by atoms with Gasteiger partial charge in [-0.25, -0.2) is 4.79 Å². The molecule has 1 aliphatic rings. The number of rotatable bonds is 6. The lowest BCUT2D eigenvalue weighted by Crippen LogP contribution is -2.29. The van der Waals surface area contributed by atoms with Crippen LogP contribution in [0.5, 0.6) is 0 Å². The Hall–Kier alpha value is -3.97. The van der Waals surface area contributed by atoms with Gasteiger partial charge in [0.25, 0.3) is 0 Å². The third-order valence-electron chi connectivity index (χ3n) is 5.91. The summed E-state index contributed by atoms with van der Waals surface area (Å²) in [6.45, 7) is 0.620. The van der Waals surface area contributed by atoms with Gasteiger partial charge in [0.15, 0.2) is 5.11 Å². The number of pyridine rings is 1. The summed E-state index contributed by atoms with van der Waals surface area (Å²) in [6.07, 6.45) is 1.77. The molecule has 2 atom stereocenters. The molecule has 2 aromatic heterocycles. The number of nitrogens with one attached hydrogen (secondary N) is 1. The van der Waals surface area contributed by atoms with Crippen molar-refractivity contribution in [1.29, 1.82) is 0 Å². The summed E-state index contributed by atoms with van der Waals surface area (Å²) in [5.41, 5.74) is 3.14. The van der Waals surface area contributed by atoms with Gasteiger partial charge in [0.05, 0.1) is 24.4 Å². The lowest BCUT2D eigenvalue weighted by molar-refractivity contribution is 0.0601. The number of esters is 1. The fourth-order valence-electron chi connectivity index (χ4n) is 4.31. The van der Waals surface area contributed by atoms with Gasteiger partial charge in [-0.2, -0.15) is 0 Å². The molecule has 7 heteroatoms. The Morgan fingerprint density at radius 3 is 2.56 bits per heavy atom. The van der Waals surface area contributed by atoms with Crippen LogP contribution in [-0.2, 0) is 11.3 Å². The summed E-state index contributed by atoms with van der Waals surface area (Å²) in [6, 6.07) is 26.7. The highest BCUT2D eigenvalue weighted by molar-refractivity contribution is 7.80. The van der Waals surface area contributed by atoms with E-state index in [1.165, 1.54) is 7.11 Å². The second-order valence-corrected chi connectivity index (χ2v) is 8.37. The Kier molecular flexibility index (Phi) is 6.10. The molecule has 0 spiro atoms. The van der Waals surface area contributed by atoms with Gasteiger partial charge < -0.3 is 19.4 Å². The van der Waals surface area contributed by atoms with Crippen molar-refractivity contribution in [3.63, 3.8) is 0 Å². The number of furan rings is 1. The fourth-order valence-corrected chi connectivity index (χ4v) is 4.61. The summed E-state index contributed by atoms with van der Waals surface area (Å²) in [7, 11) is 1.37. The van der Waals surface area contributed by atoms with Crippen LogP contribution in [-0.4, -0.2) is 28.1 Å². The van der Waals surface area contributed by atoms with Gasteiger partial charge in [-0.3, -0.25) is 4.98 Å². The van der Waals surface area contributed by atoms with E-state index in [4.69, 9.17) is 21.4 Å². The number of benzene rings is 2. The molecule has 34 heavy (non-hydrogen) atoms. The maximum absolute atomic E-state index is 12.3. The third kappa shape index (κ3) is 4.18. The Bertz CT molecular complexity index is 1310. The van der Waals surface area contributed by atoms with Crippen LogP contribution in [0, 0.1) is 0 Å². The molecule has 0 bridgehead atoms. The van der Waals surface area contributed by atoms with Crippen molar-refractivity contribution in [2.45, 2.75) is 18.6 Å². The Balaban J connectivity index is 1.55. The minimum absolute atomic E-state index is 0.188. The van der Waals surface area contributed by atoms with E-state index < -0.39 is 5.97 Å². The van der Waals surface area contributed by atoms with E-state index in [-0.39, 0.29) is 12.1 Å². The third-order valence-corrected chi connectivity index (χ3v) is 6.26. The predicted molar refractivity (Wildman–Crippen MR) is 133 cm³/mol. The minimum Gasteiger partial charge on any atom is -0.465 e. The van der Waals surface area contributed by atoms with Crippen molar-refractivity contribution < 1.29 is 13.9 Å². The first-order valence-corrected chi connectivity index (χ1v) is 11.4. The molecule has 1 saturated heterocycles. The second kappa shape index (κ2) is 9.49.